The first-order valence-electron chi connectivity index (χ1n) is 9.90. The Bertz CT molecular complexity index is 1000. The third-order valence-electron chi connectivity index (χ3n) is 5.34. The zero-order valence-electron chi connectivity index (χ0n) is 16.3. The molecule has 0 aliphatic carbocycles. The van der Waals surface area contributed by atoms with Gasteiger partial charge in [-0.15, -0.1) is 0 Å². The van der Waals surface area contributed by atoms with E-state index in [-0.39, 0.29) is 5.91 Å². The first kappa shape index (κ1) is 19.0. The lowest BCUT2D eigenvalue weighted by atomic mass is 10.1. The molecule has 2 aromatic heterocycles. The lowest BCUT2D eigenvalue weighted by Gasteiger charge is -2.28. The van der Waals surface area contributed by atoms with Crippen LogP contribution in [0.2, 0.25) is 0 Å². The molecule has 6 heteroatoms. The Morgan fingerprint density at radius 2 is 1.89 bits per heavy atom. The highest BCUT2D eigenvalue weighted by Gasteiger charge is 2.20. The van der Waals surface area contributed by atoms with Crippen LogP contribution in [0.3, 0.4) is 0 Å². The standard InChI is InChI=1S/C22H25BrN4O/c1-3-19-20(27-14-16(23)13-15(2)21(27)25-19)22(28)24-17-7-9-18(10-8-17)26-11-5-4-6-12-26/h7-10,13-14H,3-6,11-12H2,1-2H3,(H,24,28). The number of benzene rings is 1. The molecule has 5 nitrogen and oxygen atoms in total. The number of piperidine rings is 1. The van der Waals surface area contributed by atoms with Crippen LogP contribution in [0.1, 0.15) is 47.9 Å². The number of imidazole rings is 1. The van der Waals surface area contributed by atoms with E-state index in [1.165, 1.54) is 24.9 Å². The summed E-state index contributed by atoms with van der Waals surface area (Å²) in [4.78, 5) is 20.2. The van der Waals surface area contributed by atoms with Gasteiger partial charge in [0.25, 0.3) is 5.91 Å². The number of fused-ring (bicyclic) bond motifs is 1. The number of nitrogens with zero attached hydrogens (tertiary/aromatic N) is 3. The summed E-state index contributed by atoms with van der Waals surface area (Å²) in [6, 6.07) is 10.2. The first-order valence-corrected chi connectivity index (χ1v) is 10.7. The molecule has 0 bridgehead atoms. The molecule has 0 spiro atoms. The van der Waals surface area contributed by atoms with Crippen LogP contribution in [-0.2, 0) is 6.42 Å². The van der Waals surface area contributed by atoms with E-state index in [2.05, 4.69) is 43.3 Å². The molecule has 1 aromatic carbocycles. The summed E-state index contributed by atoms with van der Waals surface area (Å²) in [7, 11) is 0. The van der Waals surface area contributed by atoms with Crippen molar-refractivity contribution in [2.75, 3.05) is 23.3 Å². The van der Waals surface area contributed by atoms with Gasteiger partial charge in [-0.25, -0.2) is 4.98 Å². The molecule has 3 aromatic rings. The molecule has 1 amide bonds. The smallest absolute Gasteiger partial charge is 0.274 e. The SMILES string of the molecule is CCc1nc2c(C)cc(Br)cn2c1C(=O)Nc1ccc(N2CCCCC2)cc1. The van der Waals surface area contributed by atoms with E-state index < -0.39 is 0 Å². The predicted molar refractivity (Wildman–Crippen MR) is 117 cm³/mol. The Labute approximate surface area is 173 Å². The highest BCUT2D eigenvalue weighted by Crippen LogP contribution is 2.24. The second-order valence-corrected chi connectivity index (χ2v) is 8.26. The van der Waals surface area contributed by atoms with Gasteiger partial charge in [-0.2, -0.15) is 0 Å². The monoisotopic (exact) mass is 440 g/mol. The summed E-state index contributed by atoms with van der Waals surface area (Å²) in [6.07, 6.45) is 6.43. The van der Waals surface area contributed by atoms with Crippen LogP contribution in [0.15, 0.2) is 41.0 Å². The van der Waals surface area contributed by atoms with Crippen molar-refractivity contribution < 1.29 is 4.79 Å². The van der Waals surface area contributed by atoms with E-state index in [0.29, 0.717) is 12.1 Å². The number of carbonyl (C=O) groups is 1. The normalized spacial score (nSPS) is 14.5. The van der Waals surface area contributed by atoms with Crippen molar-refractivity contribution in [3.8, 4) is 0 Å². The molecule has 0 atom stereocenters. The average molecular weight is 441 g/mol. The Morgan fingerprint density at radius 1 is 1.18 bits per heavy atom. The van der Waals surface area contributed by atoms with Gasteiger partial charge in [0.1, 0.15) is 11.3 Å². The fourth-order valence-corrected chi connectivity index (χ4v) is 4.45. The van der Waals surface area contributed by atoms with Crippen LogP contribution >= 0.6 is 15.9 Å². The summed E-state index contributed by atoms with van der Waals surface area (Å²) in [5.74, 6) is -0.132. The quantitative estimate of drug-likeness (QED) is 0.605. The Hall–Kier alpha value is -2.34. The summed E-state index contributed by atoms with van der Waals surface area (Å²) in [5, 5.41) is 3.05. The highest BCUT2D eigenvalue weighted by molar-refractivity contribution is 9.10. The van der Waals surface area contributed by atoms with Crippen LogP contribution in [0.4, 0.5) is 11.4 Å². The van der Waals surface area contributed by atoms with Crippen LogP contribution < -0.4 is 10.2 Å². The predicted octanol–water partition coefficient (Wildman–Crippen LogP) is 5.21. The number of rotatable bonds is 4. The second kappa shape index (κ2) is 7.95. The number of nitrogens with one attached hydrogen (secondary N) is 1. The van der Waals surface area contributed by atoms with Crippen LogP contribution in [0.25, 0.3) is 5.65 Å². The number of carbonyl (C=O) groups excluding carboxylic acids is 1. The topological polar surface area (TPSA) is 49.6 Å². The van der Waals surface area contributed by atoms with Gasteiger partial charge < -0.3 is 10.2 Å². The van der Waals surface area contributed by atoms with Crippen molar-refractivity contribution in [2.24, 2.45) is 0 Å². The molecule has 0 saturated carbocycles. The Balaban J connectivity index is 1.60. The zero-order chi connectivity index (χ0) is 19.7. The van der Waals surface area contributed by atoms with Crippen molar-refractivity contribution in [2.45, 2.75) is 39.5 Å². The Morgan fingerprint density at radius 3 is 2.57 bits per heavy atom. The molecule has 1 fully saturated rings. The van der Waals surface area contributed by atoms with E-state index in [1.807, 2.05) is 42.6 Å². The van der Waals surface area contributed by atoms with E-state index in [9.17, 15) is 4.79 Å². The second-order valence-electron chi connectivity index (χ2n) is 7.34. The van der Waals surface area contributed by atoms with Crippen molar-refractivity contribution in [3.63, 3.8) is 0 Å². The molecule has 1 saturated heterocycles. The maximum absolute atomic E-state index is 13.1. The number of anilines is 2. The Kier molecular flexibility index (Phi) is 5.40. The lowest BCUT2D eigenvalue weighted by molar-refractivity contribution is 0.102. The highest BCUT2D eigenvalue weighted by atomic mass is 79.9. The number of hydrogen-bond donors (Lipinski definition) is 1. The lowest BCUT2D eigenvalue weighted by Crippen LogP contribution is -2.29. The minimum atomic E-state index is -0.132. The van der Waals surface area contributed by atoms with Gasteiger partial charge in [-0.3, -0.25) is 9.20 Å². The van der Waals surface area contributed by atoms with Crippen molar-refractivity contribution >= 4 is 38.9 Å². The number of halogens is 1. The molecule has 3 heterocycles. The van der Waals surface area contributed by atoms with Gasteiger partial charge in [-0.05, 0) is 84.4 Å². The molecular weight excluding hydrogens is 416 g/mol. The van der Waals surface area contributed by atoms with Crippen molar-refractivity contribution in [1.29, 1.82) is 0 Å². The molecule has 0 radical (unpaired) electrons. The fourth-order valence-electron chi connectivity index (χ4n) is 3.90. The van der Waals surface area contributed by atoms with E-state index in [1.54, 1.807) is 0 Å². The van der Waals surface area contributed by atoms with Crippen LogP contribution in [-0.4, -0.2) is 28.4 Å². The summed E-state index contributed by atoms with van der Waals surface area (Å²) in [6.45, 7) is 6.26. The zero-order valence-corrected chi connectivity index (χ0v) is 17.9. The van der Waals surface area contributed by atoms with E-state index >= 15 is 0 Å². The number of aryl methyl sites for hydroxylation is 2. The summed E-state index contributed by atoms with van der Waals surface area (Å²) in [5.41, 5.74) is 5.29. The maximum atomic E-state index is 13.1. The van der Waals surface area contributed by atoms with Crippen molar-refractivity contribution in [3.05, 3.63) is 58.0 Å². The number of amides is 1. The van der Waals surface area contributed by atoms with E-state index in [0.717, 1.165) is 40.2 Å². The number of aromatic nitrogens is 2. The molecule has 1 N–H and O–H groups in total. The molecule has 146 valence electrons. The van der Waals surface area contributed by atoms with Gasteiger partial charge >= 0.3 is 0 Å². The van der Waals surface area contributed by atoms with Gasteiger partial charge in [0.05, 0.1) is 5.69 Å². The first-order chi connectivity index (χ1) is 13.6. The minimum Gasteiger partial charge on any atom is -0.372 e. The molecule has 4 rings (SSSR count). The summed E-state index contributed by atoms with van der Waals surface area (Å²) < 4.78 is 2.81. The molecule has 1 aliphatic rings. The molecule has 1 aliphatic heterocycles. The number of hydrogen-bond acceptors (Lipinski definition) is 3. The van der Waals surface area contributed by atoms with E-state index in [4.69, 9.17) is 0 Å². The molecular formula is C22H25BrN4O. The largest absolute Gasteiger partial charge is 0.372 e. The number of pyridine rings is 1. The van der Waals surface area contributed by atoms with Gasteiger partial charge in [0.2, 0.25) is 0 Å². The maximum Gasteiger partial charge on any atom is 0.274 e. The minimum absolute atomic E-state index is 0.132. The van der Waals surface area contributed by atoms with Crippen molar-refractivity contribution in [1.82, 2.24) is 9.38 Å². The van der Waals surface area contributed by atoms with Gasteiger partial charge in [-0.1, -0.05) is 6.92 Å². The molecule has 0 unspecified atom stereocenters. The fraction of sp³-hybridized carbons (Fsp3) is 0.364. The van der Waals surface area contributed by atoms with Gasteiger partial charge in [0.15, 0.2) is 0 Å². The third kappa shape index (κ3) is 3.65. The summed E-state index contributed by atoms with van der Waals surface area (Å²) >= 11 is 3.53. The average Bonchev–Trinajstić information content (AvgIpc) is 3.08. The van der Waals surface area contributed by atoms with Crippen LogP contribution in [0, 0.1) is 6.92 Å². The van der Waals surface area contributed by atoms with Gasteiger partial charge in [0, 0.05) is 35.1 Å². The van der Waals surface area contributed by atoms with Crippen LogP contribution in [0.5, 0.6) is 0 Å². The third-order valence-corrected chi connectivity index (χ3v) is 5.77. The molecule has 28 heavy (non-hydrogen) atoms.